The van der Waals surface area contributed by atoms with Crippen molar-refractivity contribution in [3.63, 3.8) is 0 Å². The second-order valence-corrected chi connectivity index (χ2v) is 8.88. The zero-order valence-corrected chi connectivity index (χ0v) is 16.1. The van der Waals surface area contributed by atoms with Crippen LogP contribution in [0.4, 0.5) is 0 Å². The molecule has 1 N–H and O–H groups in total. The molecule has 0 heterocycles. The fourth-order valence-electron chi connectivity index (χ4n) is 2.01. The van der Waals surface area contributed by atoms with Gasteiger partial charge >= 0.3 is 0 Å². The molecule has 2 aromatic rings. The lowest BCUT2D eigenvalue weighted by Crippen LogP contribution is -2.39. The number of halogens is 1. The van der Waals surface area contributed by atoms with E-state index < -0.39 is 10.0 Å². The quantitative estimate of drug-likeness (QED) is 0.548. The molecule has 2 aromatic carbocycles. The lowest BCUT2D eigenvalue weighted by molar-refractivity contribution is -0.121. The standard InChI is InChI=1S/C17H19ClN2O3S2/c1-20(25(22,23)16-9-7-14(18)8-10-16)13-17(21)19-11-12-24-15-5-3-2-4-6-15/h2-10H,11-13H2,1H3,(H,19,21). The summed E-state index contributed by atoms with van der Waals surface area (Å²) in [5, 5.41) is 3.18. The molecule has 134 valence electrons. The first-order chi connectivity index (χ1) is 11.9. The summed E-state index contributed by atoms with van der Waals surface area (Å²) >= 11 is 7.39. The van der Waals surface area contributed by atoms with Crippen molar-refractivity contribution < 1.29 is 13.2 Å². The Hall–Kier alpha value is -1.54. The fourth-order valence-corrected chi connectivity index (χ4v) is 4.05. The molecule has 0 aromatic heterocycles. The summed E-state index contributed by atoms with van der Waals surface area (Å²) in [6.45, 7) is 0.230. The van der Waals surface area contributed by atoms with E-state index in [4.69, 9.17) is 11.6 Å². The van der Waals surface area contributed by atoms with Crippen LogP contribution >= 0.6 is 23.4 Å². The Balaban J connectivity index is 1.80. The number of carbonyl (C=O) groups is 1. The van der Waals surface area contributed by atoms with Crippen LogP contribution in [-0.4, -0.2) is 44.5 Å². The van der Waals surface area contributed by atoms with Crippen molar-refractivity contribution in [2.24, 2.45) is 0 Å². The molecule has 0 fully saturated rings. The molecular weight excluding hydrogens is 380 g/mol. The van der Waals surface area contributed by atoms with Gasteiger partial charge in [-0.1, -0.05) is 29.8 Å². The number of rotatable bonds is 8. The van der Waals surface area contributed by atoms with Crippen LogP contribution in [-0.2, 0) is 14.8 Å². The molecule has 0 aliphatic carbocycles. The number of nitrogens with one attached hydrogen (secondary N) is 1. The Morgan fingerprint density at radius 3 is 2.40 bits per heavy atom. The summed E-state index contributed by atoms with van der Waals surface area (Å²) in [4.78, 5) is 13.2. The van der Waals surface area contributed by atoms with Crippen LogP contribution in [0.15, 0.2) is 64.4 Å². The van der Waals surface area contributed by atoms with E-state index in [9.17, 15) is 13.2 Å². The molecule has 0 unspecified atom stereocenters. The molecule has 0 spiro atoms. The maximum Gasteiger partial charge on any atom is 0.243 e. The van der Waals surface area contributed by atoms with Gasteiger partial charge in [0.05, 0.1) is 11.4 Å². The first-order valence-corrected chi connectivity index (χ1v) is 10.4. The van der Waals surface area contributed by atoms with Gasteiger partial charge in [0.2, 0.25) is 15.9 Å². The van der Waals surface area contributed by atoms with Gasteiger partial charge < -0.3 is 5.32 Å². The lowest BCUT2D eigenvalue weighted by atomic mass is 10.4. The molecule has 0 saturated heterocycles. The Bertz CT molecular complexity index is 796. The largest absolute Gasteiger partial charge is 0.354 e. The third-order valence-electron chi connectivity index (χ3n) is 3.32. The molecule has 2 rings (SSSR count). The van der Waals surface area contributed by atoms with Crippen molar-refractivity contribution in [3.8, 4) is 0 Å². The van der Waals surface area contributed by atoms with Crippen molar-refractivity contribution in [1.82, 2.24) is 9.62 Å². The van der Waals surface area contributed by atoms with Gasteiger partial charge in [-0.2, -0.15) is 4.31 Å². The minimum absolute atomic E-state index is 0.104. The maximum atomic E-state index is 12.4. The minimum Gasteiger partial charge on any atom is -0.354 e. The Kier molecular flexibility index (Phi) is 7.31. The number of hydrogen-bond donors (Lipinski definition) is 1. The molecule has 8 heteroatoms. The van der Waals surface area contributed by atoms with Crippen LogP contribution in [0.1, 0.15) is 0 Å². The number of hydrogen-bond acceptors (Lipinski definition) is 4. The highest BCUT2D eigenvalue weighted by molar-refractivity contribution is 7.99. The van der Waals surface area contributed by atoms with Crippen LogP contribution in [0.5, 0.6) is 0 Å². The average molecular weight is 399 g/mol. The lowest BCUT2D eigenvalue weighted by Gasteiger charge is -2.17. The number of amides is 1. The highest BCUT2D eigenvalue weighted by Gasteiger charge is 2.22. The monoisotopic (exact) mass is 398 g/mol. The normalized spacial score (nSPS) is 11.5. The van der Waals surface area contributed by atoms with E-state index in [1.165, 1.54) is 31.3 Å². The fraction of sp³-hybridized carbons (Fsp3) is 0.235. The topological polar surface area (TPSA) is 66.5 Å². The molecule has 0 aliphatic rings. The van der Waals surface area contributed by atoms with E-state index in [0.29, 0.717) is 17.3 Å². The molecule has 0 radical (unpaired) electrons. The second kappa shape index (κ2) is 9.24. The summed E-state index contributed by atoms with van der Waals surface area (Å²) in [6.07, 6.45) is 0. The van der Waals surface area contributed by atoms with Crippen molar-refractivity contribution in [1.29, 1.82) is 0 Å². The third kappa shape index (κ3) is 6.04. The summed E-state index contributed by atoms with van der Waals surface area (Å²) in [5.41, 5.74) is 0. The number of carbonyl (C=O) groups excluding carboxylic acids is 1. The first kappa shape index (κ1) is 19.8. The molecule has 0 aliphatic heterocycles. The predicted octanol–water partition coefficient (Wildman–Crippen LogP) is 2.87. The first-order valence-electron chi connectivity index (χ1n) is 7.56. The van der Waals surface area contributed by atoms with Crippen molar-refractivity contribution in [2.45, 2.75) is 9.79 Å². The average Bonchev–Trinajstić information content (AvgIpc) is 2.60. The van der Waals surface area contributed by atoms with Gasteiger partial charge in [0.1, 0.15) is 0 Å². The van der Waals surface area contributed by atoms with Crippen LogP contribution in [0, 0.1) is 0 Å². The number of sulfonamides is 1. The Morgan fingerprint density at radius 2 is 1.76 bits per heavy atom. The zero-order chi connectivity index (χ0) is 18.3. The molecule has 5 nitrogen and oxygen atoms in total. The molecule has 25 heavy (non-hydrogen) atoms. The smallest absolute Gasteiger partial charge is 0.243 e. The summed E-state index contributed by atoms with van der Waals surface area (Å²) < 4.78 is 25.8. The molecule has 0 bridgehead atoms. The van der Waals surface area contributed by atoms with Crippen molar-refractivity contribution in [3.05, 3.63) is 59.6 Å². The van der Waals surface area contributed by atoms with Gasteiger partial charge in [0.15, 0.2) is 0 Å². The van der Waals surface area contributed by atoms with Crippen LogP contribution in [0.2, 0.25) is 5.02 Å². The van der Waals surface area contributed by atoms with Gasteiger partial charge in [-0.05, 0) is 36.4 Å². The van der Waals surface area contributed by atoms with Crippen molar-refractivity contribution >= 4 is 39.3 Å². The predicted molar refractivity (Wildman–Crippen MR) is 101 cm³/mol. The van der Waals surface area contributed by atoms with Gasteiger partial charge in [-0.3, -0.25) is 4.79 Å². The molecule has 0 saturated carbocycles. The summed E-state index contributed by atoms with van der Waals surface area (Å²) in [7, 11) is -2.34. The van der Waals surface area contributed by atoms with Gasteiger partial charge in [-0.15, -0.1) is 11.8 Å². The number of likely N-dealkylation sites (N-methyl/N-ethyl adjacent to an activating group) is 1. The summed E-state index contributed by atoms with van der Waals surface area (Å²) in [5.74, 6) is 0.373. The summed E-state index contributed by atoms with van der Waals surface area (Å²) in [6, 6.07) is 15.7. The van der Waals surface area contributed by atoms with E-state index in [2.05, 4.69) is 5.32 Å². The number of nitrogens with zero attached hydrogens (tertiary/aromatic N) is 1. The Labute approximate surface area is 157 Å². The Morgan fingerprint density at radius 1 is 1.12 bits per heavy atom. The van der Waals surface area contributed by atoms with Gasteiger partial charge in [0, 0.05) is 29.3 Å². The number of benzene rings is 2. The second-order valence-electron chi connectivity index (χ2n) is 5.23. The van der Waals surface area contributed by atoms with E-state index >= 15 is 0 Å². The number of thioether (sulfide) groups is 1. The highest BCUT2D eigenvalue weighted by atomic mass is 35.5. The van der Waals surface area contributed by atoms with Gasteiger partial charge in [-0.25, -0.2) is 8.42 Å². The van der Waals surface area contributed by atoms with Crippen LogP contribution in [0.25, 0.3) is 0 Å². The van der Waals surface area contributed by atoms with Gasteiger partial charge in [0.25, 0.3) is 0 Å². The zero-order valence-electron chi connectivity index (χ0n) is 13.7. The highest BCUT2D eigenvalue weighted by Crippen LogP contribution is 2.17. The van der Waals surface area contributed by atoms with E-state index in [-0.39, 0.29) is 17.3 Å². The molecule has 1 amide bonds. The van der Waals surface area contributed by atoms with E-state index in [1.54, 1.807) is 11.8 Å². The molecule has 0 atom stereocenters. The van der Waals surface area contributed by atoms with Crippen LogP contribution < -0.4 is 5.32 Å². The molecular formula is C17H19ClN2O3S2. The third-order valence-corrected chi connectivity index (χ3v) is 6.41. The van der Waals surface area contributed by atoms with E-state index in [1.807, 2.05) is 30.3 Å². The minimum atomic E-state index is -3.72. The SMILES string of the molecule is CN(CC(=O)NCCSc1ccccc1)S(=O)(=O)c1ccc(Cl)cc1. The maximum absolute atomic E-state index is 12.4. The van der Waals surface area contributed by atoms with Crippen LogP contribution in [0.3, 0.4) is 0 Å². The van der Waals surface area contributed by atoms with Crippen molar-refractivity contribution in [2.75, 3.05) is 25.9 Å². The van der Waals surface area contributed by atoms with E-state index in [0.717, 1.165) is 9.20 Å².